The van der Waals surface area contributed by atoms with Gasteiger partial charge in [0, 0.05) is 22.6 Å². The molecule has 3 N–H and O–H groups in total. The van der Waals surface area contributed by atoms with Crippen molar-refractivity contribution in [1.82, 2.24) is 4.98 Å². The molecule has 0 fully saturated rings. The highest BCUT2D eigenvalue weighted by Crippen LogP contribution is 2.33. The van der Waals surface area contributed by atoms with Crippen molar-refractivity contribution >= 4 is 10.9 Å². The summed E-state index contributed by atoms with van der Waals surface area (Å²) in [5, 5.41) is 1.27. The molecule has 1 unspecified atom stereocenters. The Hall–Kier alpha value is -1.28. The highest BCUT2D eigenvalue weighted by molar-refractivity contribution is 5.85. The Labute approximate surface area is 103 Å². The van der Waals surface area contributed by atoms with Crippen molar-refractivity contribution in [3.05, 3.63) is 35.5 Å². The summed E-state index contributed by atoms with van der Waals surface area (Å²) in [5.74, 6) is 0. The molecule has 2 rings (SSSR count). The minimum atomic E-state index is 0.103. The van der Waals surface area contributed by atoms with Crippen LogP contribution >= 0.6 is 0 Å². The topological polar surface area (TPSA) is 41.8 Å². The molecule has 0 aliphatic carbocycles. The molecule has 0 radical (unpaired) electrons. The SMILES string of the molecule is Cc1[nH]c2ccccc2c1C(N)CC(C)(C)C. The van der Waals surface area contributed by atoms with Gasteiger partial charge in [-0.1, -0.05) is 39.0 Å². The van der Waals surface area contributed by atoms with Crippen LogP contribution in [0.1, 0.15) is 44.5 Å². The van der Waals surface area contributed by atoms with E-state index >= 15 is 0 Å². The van der Waals surface area contributed by atoms with Crippen LogP contribution < -0.4 is 5.73 Å². The van der Waals surface area contributed by atoms with E-state index in [1.807, 2.05) is 0 Å². The van der Waals surface area contributed by atoms with Gasteiger partial charge in [0.05, 0.1) is 0 Å². The van der Waals surface area contributed by atoms with Gasteiger partial charge in [0.25, 0.3) is 0 Å². The average Bonchev–Trinajstić information content (AvgIpc) is 2.50. The number of H-pyrrole nitrogens is 1. The Morgan fingerprint density at radius 3 is 2.53 bits per heavy atom. The highest BCUT2D eigenvalue weighted by Gasteiger charge is 2.21. The van der Waals surface area contributed by atoms with Crippen LogP contribution in [0.15, 0.2) is 24.3 Å². The van der Waals surface area contributed by atoms with Crippen molar-refractivity contribution in [1.29, 1.82) is 0 Å². The molecule has 1 aromatic heterocycles. The van der Waals surface area contributed by atoms with Crippen LogP contribution in [0, 0.1) is 12.3 Å². The molecule has 0 aliphatic heterocycles. The molecule has 0 amide bonds. The monoisotopic (exact) mass is 230 g/mol. The number of hydrogen-bond acceptors (Lipinski definition) is 1. The van der Waals surface area contributed by atoms with Crippen LogP contribution in [0.2, 0.25) is 0 Å². The second-order valence-electron chi connectivity index (χ2n) is 6.08. The summed E-state index contributed by atoms with van der Waals surface area (Å²) < 4.78 is 0. The van der Waals surface area contributed by atoms with Crippen LogP contribution in [0.4, 0.5) is 0 Å². The minimum Gasteiger partial charge on any atom is -0.358 e. The zero-order valence-corrected chi connectivity index (χ0v) is 11.2. The molecule has 0 saturated heterocycles. The van der Waals surface area contributed by atoms with Gasteiger partial charge in [-0.15, -0.1) is 0 Å². The molecule has 0 saturated carbocycles. The van der Waals surface area contributed by atoms with Crippen LogP contribution in [0.5, 0.6) is 0 Å². The number of aromatic amines is 1. The van der Waals surface area contributed by atoms with Crippen LogP contribution in [0.3, 0.4) is 0 Å². The van der Waals surface area contributed by atoms with Gasteiger partial charge in [-0.05, 0) is 30.4 Å². The maximum absolute atomic E-state index is 6.37. The fraction of sp³-hybridized carbons (Fsp3) is 0.467. The van der Waals surface area contributed by atoms with E-state index in [9.17, 15) is 0 Å². The van der Waals surface area contributed by atoms with Crippen molar-refractivity contribution in [3.8, 4) is 0 Å². The molecule has 0 spiro atoms. The Kier molecular flexibility index (Phi) is 3.00. The molecular formula is C15H22N2. The van der Waals surface area contributed by atoms with Crippen molar-refractivity contribution in [3.63, 3.8) is 0 Å². The quantitative estimate of drug-likeness (QED) is 0.807. The van der Waals surface area contributed by atoms with E-state index in [0.29, 0.717) is 0 Å². The normalized spacial score (nSPS) is 14.2. The molecule has 1 atom stereocenters. The Balaban J connectivity index is 2.44. The number of fused-ring (bicyclic) bond motifs is 1. The molecule has 1 heterocycles. The number of aryl methyl sites for hydroxylation is 1. The minimum absolute atomic E-state index is 0.103. The lowest BCUT2D eigenvalue weighted by molar-refractivity contribution is 0.343. The number of para-hydroxylation sites is 1. The summed E-state index contributed by atoms with van der Waals surface area (Å²) >= 11 is 0. The average molecular weight is 230 g/mol. The lowest BCUT2D eigenvalue weighted by atomic mass is 9.85. The van der Waals surface area contributed by atoms with Crippen molar-refractivity contribution in [2.45, 2.75) is 40.2 Å². The van der Waals surface area contributed by atoms with Gasteiger partial charge < -0.3 is 10.7 Å². The number of benzene rings is 1. The summed E-state index contributed by atoms with van der Waals surface area (Å²) in [6.07, 6.45) is 0.996. The molecule has 2 nitrogen and oxygen atoms in total. The maximum atomic E-state index is 6.37. The van der Waals surface area contributed by atoms with Gasteiger partial charge in [0.15, 0.2) is 0 Å². The summed E-state index contributed by atoms with van der Waals surface area (Å²) in [7, 11) is 0. The van der Waals surface area contributed by atoms with Gasteiger partial charge >= 0.3 is 0 Å². The first kappa shape index (κ1) is 12.2. The van der Waals surface area contributed by atoms with E-state index in [0.717, 1.165) is 6.42 Å². The van der Waals surface area contributed by atoms with Crippen molar-refractivity contribution in [2.24, 2.45) is 11.1 Å². The van der Waals surface area contributed by atoms with Crippen LogP contribution in [-0.4, -0.2) is 4.98 Å². The number of aromatic nitrogens is 1. The predicted molar refractivity (Wildman–Crippen MR) is 74.0 cm³/mol. The summed E-state index contributed by atoms with van der Waals surface area (Å²) in [6, 6.07) is 8.48. The zero-order valence-electron chi connectivity index (χ0n) is 11.2. The molecule has 92 valence electrons. The number of nitrogens with two attached hydrogens (primary N) is 1. The number of hydrogen-bond donors (Lipinski definition) is 2. The molecule has 17 heavy (non-hydrogen) atoms. The maximum Gasteiger partial charge on any atom is 0.0459 e. The molecule has 0 aliphatic rings. The van der Waals surface area contributed by atoms with E-state index in [-0.39, 0.29) is 11.5 Å². The van der Waals surface area contributed by atoms with E-state index in [1.165, 1.54) is 22.2 Å². The second-order valence-corrected chi connectivity index (χ2v) is 6.08. The van der Waals surface area contributed by atoms with Gasteiger partial charge in [-0.3, -0.25) is 0 Å². The number of rotatable bonds is 2. The summed E-state index contributed by atoms with van der Waals surface area (Å²) in [4.78, 5) is 3.41. The molecule has 0 bridgehead atoms. The Morgan fingerprint density at radius 1 is 1.24 bits per heavy atom. The van der Waals surface area contributed by atoms with Crippen molar-refractivity contribution < 1.29 is 0 Å². The molecule has 1 aromatic carbocycles. The fourth-order valence-corrected chi connectivity index (χ4v) is 2.54. The lowest BCUT2D eigenvalue weighted by Gasteiger charge is -2.23. The highest BCUT2D eigenvalue weighted by atomic mass is 14.7. The van der Waals surface area contributed by atoms with Crippen LogP contribution in [0.25, 0.3) is 10.9 Å². The standard InChI is InChI=1S/C15H22N2/c1-10-14(12(16)9-15(2,3)4)11-7-5-6-8-13(11)17-10/h5-8,12,17H,9,16H2,1-4H3. The first-order chi connectivity index (χ1) is 7.88. The first-order valence-electron chi connectivity index (χ1n) is 6.21. The van der Waals surface area contributed by atoms with Gasteiger partial charge in [0.2, 0.25) is 0 Å². The van der Waals surface area contributed by atoms with Gasteiger partial charge in [-0.25, -0.2) is 0 Å². The fourth-order valence-electron chi connectivity index (χ4n) is 2.54. The Morgan fingerprint density at radius 2 is 1.88 bits per heavy atom. The zero-order chi connectivity index (χ0) is 12.6. The van der Waals surface area contributed by atoms with E-state index in [1.54, 1.807) is 0 Å². The van der Waals surface area contributed by atoms with E-state index < -0.39 is 0 Å². The predicted octanol–water partition coefficient (Wildman–Crippen LogP) is 3.91. The molecular weight excluding hydrogens is 208 g/mol. The third kappa shape index (κ3) is 2.52. The summed E-state index contributed by atoms with van der Waals surface area (Å²) in [6.45, 7) is 8.81. The third-order valence-electron chi connectivity index (χ3n) is 3.15. The largest absolute Gasteiger partial charge is 0.358 e. The first-order valence-corrected chi connectivity index (χ1v) is 6.21. The third-order valence-corrected chi connectivity index (χ3v) is 3.15. The second kappa shape index (κ2) is 4.19. The molecule has 2 heteroatoms. The van der Waals surface area contributed by atoms with E-state index in [4.69, 9.17) is 5.73 Å². The van der Waals surface area contributed by atoms with E-state index in [2.05, 4.69) is 56.9 Å². The number of nitrogens with one attached hydrogen (secondary N) is 1. The van der Waals surface area contributed by atoms with Crippen molar-refractivity contribution in [2.75, 3.05) is 0 Å². The Bertz CT molecular complexity index is 517. The van der Waals surface area contributed by atoms with Gasteiger partial charge in [0.1, 0.15) is 0 Å². The van der Waals surface area contributed by atoms with Crippen LogP contribution in [-0.2, 0) is 0 Å². The molecule has 2 aromatic rings. The summed E-state index contributed by atoms with van der Waals surface area (Å²) in [5.41, 5.74) is 10.3. The van der Waals surface area contributed by atoms with Gasteiger partial charge in [-0.2, -0.15) is 0 Å². The lowest BCUT2D eigenvalue weighted by Crippen LogP contribution is -2.19. The smallest absolute Gasteiger partial charge is 0.0459 e.